The predicted octanol–water partition coefficient (Wildman–Crippen LogP) is 1.63. The van der Waals surface area contributed by atoms with Crippen LogP contribution in [-0.4, -0.2) is 22.9 Å². The smallest absolute Gasteiger partial charge is 0.216 e. The van der Waals surface area contributed by atoms with E-state index in [1.807, 2.05) is 14.0 Å². The summed E-state index contributed by atoms with van der Waals surface area (Å²) in [6.45, 7) is 4.85. The molecule has 0 spiro atoms. The van der Waals surface area contributed by atoms with Crippen LogP contribution in [0.4, 0.5) is 0 Å². The number of nitrogens with zero attached hydrogens (tertiary/aromatic N) is 2. The average molecular weight is 235 g/mol. The number of aryl methyl sites for hydroxylation is 2. The number of rotatable bonds is 6. The van der Waals surface area contributed by atoms with E-state index >= 15 is 0 Å². The van der Waals surface area contributed by atoms with Crippen LogP contribution < -0.4 is 10.1 Å². The van der Waals surface area contributed by atoms with E-state index in [9.17, 15) is 0 Å². The first-order valence-corrected chi connectivity index (χ1v) is 5.87. The number of ether oxygens (including phenoxy) is 1. The molecular formula is C13H21N3O. The molecule has 1 aromatic heterocycles. The van der Waals surface area contributed by atoms with Crippen LogP contribution in [0.15, 0.2) is 0 Å². The molecule has 0 bridgehead atoms. The van der Waals surface area contributed by atoms with Gasteiger partial charge in [0, 0.05) is 26.1 Å². The summed E-state index contributed by atoms with van der Waals surface area (Å²) in [6.07, 6.45) is 7.10. The molecule has 4 nitrogen and oxygen atoms in total. The third-order valence-electron chi connectivity index (χ3n) is 2.91. The van der Waals surface area contributed by atoms with Crippen LogP contribution in [0.1, 0.15) is 31.0 Å². The molecule has 1 aromatic rings. The molecule has 0 aliphatic carbocycles. The van der Waals surface area contributed by atoms with Crippen molar-refractivity contribution in [3.8, 4) is 18.2 Å². The molecule has 4 heteroatoms. The van der Waals surface area contributed by atoms with Crippen LogP contribution in [0.3, 0.4) is 0 Å². The van der Waals surface area contributed by atoms with E-state index in [2.05, 4.69) is 23.3 Å². The topological polar surface area (TPSA) is 39.1 Å². The van der Waals surface area contributed by atoms with Gasteiger partial charge in [-0.3, -0.25) is 0 Å². The number of hydrogen-bond donors (Lipinski definition) is 1. The number of hydrogen-bond acceptors (Lipinski definition) is 3. The zero-order chi connectivity index (χ0) is 12.8. The second-order valence-corrected chi connectivity index (χ2v) is 4.09. The molecule has 17 heavy (non-hydrogen) atoms. The maximum Gasteiger partial charge on any atom is 0.216 e. The predicted molar refractivity (Wildman–Crippen MR) is 68.9 cm³/mol. The van der Waals surface area contributed by atoms with Crippen molar-refractivity contribution in [3.05, 3.63) is 11.3 Å². The highest BCUT2D eigenvalue weighted by Crippen LogP contribution is 2.20. The summed E-state index contributed by atoms with van der Waals surface area (Å²) in [6, 6.07) is 0.351. The maximum atomic E-state index is 5.34. The van der Waals surface area contributed by atoms with Gasteiger partial charge in [-0.15, -0.1) is 12.3 Å². The zero-order valence-electron chi connectivity index (χ0n) is 11.1. The number of nitrogens with one attached hydrogen (secondary N) is 1. The number of aromatic nitrogens is 2. The average Bonchev–Trinajstić information content (AvgIpc) is 2.58. The maximum absolute atomic E-state index is 5.34. The monoisotopic (exact) mass is 235 g/mol. The SMILES string of the molecule is C#CCC(CC)NCc1c(C)nn(C)c1OC. The van der Waals surface area contributed by atoms with Crippen LogP contribution in [0.25, 0.3) is 0 Å². The molecule has 1 rings (SSSR count). The molecule has 1 N–H and O–H groups in total. The minimum atomic E-state index is 0.351. The molecule has 1 unspecified atom stereocenters. The first-order valence-electron chi connectivity index (χ1n) is 5.87. The van der Waals surface area contributed by atoms with Gasteiger partial charge in [0.2, 0.25) is 5.88 Å². The van der Waals surface area contributed by atoms with Crippen LogP contribution in [0.2, 0.25) is 0 Å². The lowest BCUT2D eigenvalue weighted by Gasteiger charge is -2.14. The molecule has 0 radical (unpaired) electrons. The molecule has 0 saturated carbocycles. The van der Waals surface area contributed by atoms with Gasteiger partial charge in [-0.05, 0) is 13.3 Å². The summed E-state index contributed by atoms with van der Waals surface area (Å²) in [5.74, 6) is 3.50. The summed E-state index contributed by atoms with van der Waals surface area (Å²) in [5.41, 5.74) is 2.10. The third-order valence-corrected chi connectivity index (χ3v) is 2.91. The van der Waals surface area contributed by atoms with E-state index in [-0.39, 0.29) is 0 Å². The highest BCUT2D eigenvalue weighted by atomic mass is 16.5. The van der Waals surface area contributed by atoms with Gasteiger partial charge in [0.15, 0.2) is 0 Å². The van der Waals surface area contributed by atoms with Gasteiger partial charge in [0.25, 0.3) is 0 Å². The Balaban J connectivity index is 2.71. The molecule has 0 aromatic carbocycles. The van der Waals surface area contributed by atoms with Crippen molar-refractivity contribution < 1.29 is 4.74 Å². The minimum Gasteiger partial charge on any atom is -0.481 e. The standard InChI is InChI=1S/C13H21N3O/c1-6-8-11(7-2)14-9-12-10(3)15-16(4)13(12)17-5/h1,11,14H,7-9H2,2-5H3. The Hall–Kier alpha value is -1.47. The largest absolute Gasteiger partial charge is 0.481 e. The van der Waals surface area contributed by atoms with Crippen molar-refractivity contribution >= 4 is 0 Å². The second kappa shape index (κ2) is 6.31. The van der Waals surface area contributed by atoms with Crippen molar-refractivity contribution in [3.63, 3.8) is 0 Å². The lowest BCUT2D eigenvalue weighted by atomic mass is 10.1. The fraction of sp³-hybridized carbons (Fsp3) is 0.615. The summed E-state index contributed by atoms with van der Waals surface area (Å²) in [5, 5.41) is 7.78. The van der Waals surface area contributed by atoms with E-state index in [1.165, 1.54) is 0 Å². The molecule has 0 fully saturated rings. The van der Waals surface area contributed by atoms with Crippen LogP contribution >= 0.6 is 0 Å². The van der Waals surface area contributed by atoms with Crippen LogP contribution in [-0.2, 0) is 13.6 Å². The van der Waals surface area contributed by atoms with Gasteiger partial charge in [-0.1, -0.05) is 6.92 Å². The molecule has 0 amide bonds. The summed E-state index contributed by atoms with van der Waals surface area (Å²) in [7, 11) is 3.55. The number of terminal acetylenes is 1. The Morgan fingerprint density at radius 2 is 2.29 bits per heavy atom. The van der Waals surface area contributed by atoms with Crippen molar-refractivity contribution in [1.82, 2.24) is 15.1 Å². The number of methoxy groups -OCH3 is 1. The third kappa shape index (κ3) is 3.24. The minimum absolute atomic E-state index is 0.351. The fourth-order valence-corrected chi connectivity index (χ4v) is 1.89. The molecule has 94 valence electrons. The van der Waals surface area contributed by atoms with Crippen molar-refractivity contribution in [2.45, 2.75) is 39.3 Å². The molecule has 0 saturated heterocycles. The first kappa shape index (κ1) is 13.6. The van der Waals surface area contributed by atoms with Crippen LogP contribution in [0.5, 0.6) is 5.88 Å². The highest BCUT2D eigenvalue weighted by molar-refractivity contribution is 5.30. The Kier molecular flexibility index (Phi) is 5.05. The van der Waals surface area contributed by atoms with Crippen LogP contribution in [0, 0.1) is 19.3 Å². The van der Waals surface area contributed by atoms with E-state index in [1.54, 1.807) is 11.8 Å². The first-order chi connectivity index (χ1) is 8.13. The normalized spacial score (nSPS) is 12.2. The van der Waals surface area contributed by atoms with E-state index in [0.717, 1.165) is 36.5 Å². The van der Waals surface area contributed by atoms with Gasteiger partial charge in [-0.2, -0.15) is 5.10 Å². The fourth-order valence-electron chi connectivity index (χ4n) is 1.89. The van der Waals surface area contributed by atoms with Gasteiger partial charge >= 0.3 is 0 Å². The Morgan fingerprint density at radius 1 is 1.59 bits per heavy atom. The molecule has 0 aliphatic rings. The van der Waals surface area contributed by atoms with Gasteiger partial charge in [0.05, 0.1) is 18.4 Å². The Bertz CT molecular complexity index is 404. The molecule has 0 aliphatic heterocycles. The Morgan fingerprint density at radius 3 is 2.82 bits per heavy atom. The van der Waals surface area contributed by atoms with Gasteiger partial charge in [-0.25, -0.2) is 4.68 Å². The lowest BCUT2D eigenvalue weighted by Crippen LogP contribution is -2.27. The quantitative estimate of drug-likeness (QED) is 0.762. The summed E-state index contributed by atoms with van der Waals surface area (Å²) in [4.78, 5) is 0. The molecule has 1 heterocycles. The van der Waals surface area contributed by atoms with E-state index in [0.29, 0.717) is 6.04 Å². The van der Waals surface area contributed by atoms with Crippen molar-refractivity contribution in [1.29, 1.82) is 0 Å². The van der Waals surface area contributed by atoms with E-state index < -0.39 is 0 Å². The zero-order valence-corrected chi connectivity index (χ0v) is 11.1. The lowest BCUT2D eigenvalue weighted by molar-refractivity contribution is 0.366. The summed E-state index contributed by atoms with van der Waals surface area (Å²) < 4.78 is 7.10. The van der Waals surface area contributed by atoms with E-state index in [4.69, 9.17) is 11.2 Å². The van der Waals surface area contributed by atoms with Gasteiger partial charge < -0.3 is 10.1 Å². The van der Waals surface area contributed by atoms with Gasteiger partial charge in [0.1, 0.15) is 0 Å². The highest BCUT2D eigenvalue weighted by Gasteiger charge is 2.14. The van der Waals surface area contributed by atoms with Crippen molar-refractivity contribution in [2.24, 2.45) is 7.05 Å². The van der Waals surface area contributed by atoms with Crippen molar-refractivity contribution in [2.75, 3.05) is 7.11 Å². The Labute approximate surface area is 103 Å². The molecule has 1 atom stereocenters. The summed E-state index contributed by atoms with van der Waals surface area (Å²) >= 11 is 0. The second-order valence-electron chi connectivity index (χ2n) is 4.09. The molecular weight excluding hydrogens is 214 g/mol.